The molecule has 44 heavy (non-hydrogen) atoms. The lowest BCUT2D eigenvalue weighted by Crippen LogP contribution is -2.28. The van der Waals surface area contributed by atoms with Gasteiger partial charge in [0.05, 0.1) is 6.61 Å². The summed E-state index contributed by atoms with van der Waals surface area (Å²) in [4.78, 5) is 24.2. The zero-order valence-corrected chi connectivity index (χ0v) is 29.9. The molecule has 0 saturated carbocycles. The Morgan fingerprint density at radius 2 is 0.841 bits per heavy atom. The summed E-state index contributed by atoms with van der Waals surface area (Å²) in [5, 5.41) is 9.54. The average molecular weight is 625 g/mol. The molecule has 0 aliphatic carbocycles. The minimum absolute atomic E-state index is 0.0585. The SMILES string of the molecule is CCCCCCCCCCCCCCCCCCCCC(=O)O[C@@H](CO)COC(=O)CCCCCCCCCCCC(C)C. The van der Waals surface area contributed by atoms with Gasteiger partial charge in [-0.15, -0.1) is 0 Å². The smallest absolute Gasteiger partial charge is 0.306 e. The highest BCUT2D eigenvalue weighted by atomic mass is 16.6. The Kier molecular flexibility index (Phi) is 33.9. The minimum Gasteiger partial charge on any atom is -0.462 e. The zero-order valence-electron chi connectivity index (χ0n) is 29.9. The third-order valence-corrected chi connectivity index (χ3v) is 8.83. The number of aliphatic hydroxyl groups excluding tert-OH is 1. The Bertz CT molecular complexity index is 605. The van der Waals surface area contributed by atoms with Crippen LogP contribution in [0.3, 0.4) is 0 Å². The molecule has 0 aromatic heterocycles. The molecular weight excluding hydrogens is 548 g/mol. The van der Waals surface area contributed by atoms with E-state index in [0.29, 0.717) is 12.8 Å². The standard InChI is InChI=1S/C39H76O5/c1-4-5-6-7-8-9-10-11-12-13-14-15-16-17-20-24-27-30-33-39(42)44-37(34-40)35-43-38(41)32-29-26-23-21-18-19-22-25-28-31-36(2)3/h36-37,40H,4-35H2,1-3H3/t37-/m0/s1. The van der Waals surface area contributed by atoms with Crippen LogP contribution in [0.25, 0.3) is 0 Å². The van der Waals surface area contributed by atoms with Crippen molar-refractivity contribution in [3.8, 4) is 0 Å². The predicted molar refractivity (Wildman–Crippen MR) is 187 cm³/mol. The van der Waals surface area contributed by atoms with Crippen LogP contribution in [0, 0.1) is 5.92 Å². The lowest BCUT2D eigenvalue weighted by atomic mass is 10.0. The largest absolute Gasteiger partial charge is 0.462 e. The van der Waals surface area contributed by atoms with Gasteiger partial charge in [0, 0.05) is 12.8 Å². The first-order chi connectivity index (χ1) is 21.5. The van der Waals surface area contributed by atoms with Gasteiger partial charge in [0.25, 0.3) is 0 Å². The summed E-state index contributed by atoms with van der Waals surface area (Å²) >= 11 is 0. The maximum Gasteiger partial charge on any atom is 0.306 e. The number of rotatable bonds is 35. The maximum absolute atomic E-state index is 12.2. The first-order valence-electron chi connectivity index (χ1n) is 19.5. The first-order valence-corrected chi connectivity index (χ1v) is 19.5. The summed E-state index contributed by atoms with van der Waals surface area (Å²) in [5.74, 6) is 0.240. The highest BCUT2D eigenvalue weighted by Gasteiger charge is 2.16. The van der Waals surface area contributed by atoms with Gasteiger partial charge in [-0.2, -0.15) is 0 Å². The average Bonchev–Trinajstić information content (AvgIpc) is 3.01. The number of unbranched alkanes of at least 4 members (excludes halogenated alkanes) is 25. The molecule has 1 N–H and O–H groups in total. The zero-order chi connectivity index (χ0) is 32.4. The quantitative estimate of drug-likeness (QED) is 0.0561. The van der Waals surface area contributed by atoms with Crippen LogP contribution in [0.15, 0.2) is 0 Å². The van der Waals surface area contributed by atoms with Gasteiger partial charge in [-0.05, 0) is 18.8 Å². The molecule has 0 saturated heterocycles. The Labute approximate surface area is 274 Å². The highest BCUT2D eigenvalue weighted by molar-refractivity contribution is 5.70. The van der Waals surface area contributed by atoms with Gasteiger partial charge in [0.2, 0.25) is 0 Å². The van der Waals surface area contributed by atoms with E-state index >= 15 is 0 Å². The van der Waals surface area contributed by atoms with E-state index in [9.17, 15) is 14.7 Å². The molecule has 0 aromatic rings. The third kappa shape index (κ3) is 33.8. The topological polar surface area (TPSA) is 72.8 Å². The minimum atomic E-state index is -0.762. The number of ether oxygens (including phenoxy) is 2. The van der Waals surface area contributed by atoms with E-state index in [4.69, 9.17) is 9.47 Å². The molecule has 0 unspecified atom stereocenters. The lowest BCUT2D eigenvalue weighted by molar-refractivity contribution is -0.161. The molecule has 0 aliphatic heterocycles. The molecule has 0 spiro atoms. The van der Waals surface area contributed by atoms with Crippen molar-refractivity contribution in [3.63, 3.8) is 0 Å². The fourth-order valence-corrected chi connectivity index (χ4v) is 5.86. The van der Waals surface area contributed by atoms with E-state index in [-0.39, 0.29) is 25.2 Å². The highest BCUT2D eigenvalue weighted by Crippen LogP contribution is 2.16. The molecule has 0 fully saturated rings. The van der Waals surface area contributed by atoms with E-state index in [1.807, 2.05) is 0 Å². The fraction of sp³-hybridized carbons (Fsp3) is 0.949. The van der Waals surface area contributed by atoms with Gasteiger partial charge in [0.15, 0.2) is 6.10 Å². The van der Waals surface area contributed by atoms with Gasteiger partial charge >= 0.3 is 11.9 Å². The molecule has 1 atom stereocenters. The van der Waals surface area contributed by atoms with Gasteiger partial charge in [-0.1, -0.05) is 188 Å². The number of hydrogen-bond acceptors (Lipinski definition) is 5. The molecule has 0 aliphatic rings. The van der Waals surface area contributed by atoms with Crippen LogP contribution < -0.4 is 0 Å². The lowest BCUT2D eigenvalue weighted by Gasteiger charge is -2.15. The van der Waals surface area contributed by atoms with E-state index < -0.39 is 6.10 Å². The fourth-order valence-electron chi connectivity index (χ4n) is 5.86. The monoisotopic (exact) mass is 625 g/mol. The van der Waals surface area contributed by atoms with Crippen molar-refractivity contribution < 1.29 is 24.2 Å². The van der Waals surface area contributed by atoms with E-state index in [1.165, 1.54) is 141 Å². The second-order valence-corrected chi connectivity index (χ2v) is 13.9. The Morgan fingerprint density at radius 3 is 1.20 bits per heavy atom. The molecular formula is C39H76O5. The summed E-state index contributed by atoms with van der Waals surface area (Å²) in [6, 6.07) is 0. The second kappa shape index (κ2) is 34.8. The van der Waals surface area contributed by atoms with Crippen molar-refractivity contribution in [2.24, 2.45) is 5.92 Å². The van der Waals surface area contributed by atoms with E-state index in [1.54, 1.807) is 0 Å². The molecule has 5 heteroatoms. The van der Waals surface area contributed by atoms with Crippen molar-refractivity contribution >= 4 is 11.9 Å². The predicted octanol–water partition coefficient (Wildman–Crippen LogP) is 11.8. The summed E-state index contributed by atoms with van der Waals surface area (Å²) in [7, 11) is 0. The molecule has 0 amide bonds. The number of carbonyl (C=O) groups excluding carboxylic acids is 2. The van der Waals surface area contributed by atoms with Gasteiger partial charge in [-0.3, -0.25) is 9.59 Å². The molecule has 0 aromatic carbocycles. The van der Waals surface area contributed by atoms with Crippen LogP contribution >= 0.6 is 0 Å². The van der Waals surface area contributed by atoms with Crippen molar-refractivity contribution in [3.05, 3.63) is 0 Å². The van der Waals surface area contributed by atoms with Crippen LogP contribution in [0.5, 0.6) is 0 Å². The number of carbonyl (C=O) groups is 2. The Hall–Kier alpha value is -1.10. The molecule has 0 heterocycles. The van der Waals surface area contributed by atoms with E-state index in [2.05, 4.69) is 20.8 Å². The van der Waals surface area contributed by atoms with Crippen LogP contribution in [0.2, 0.25) is 0 Å². The number of esters is 2. The molecule has 5 nitrogen and oxygen atoms in total. The van der Waals surface area contributed by atoms with E-state index in [0.717, 1.165) is 44.4 Å². The summed E-state index contributed by atoms with van der Waals surface area (Å²) in [6.45, 7) is 6.48. The van der Waals surface area contributed by atoms with Crippen LogP contribution in [-0.4, -0.2) is 36.4 Å². The number of hydrogen-bond donors (Lipinski definition) is 1. The summed E-state index contributed by atoms with van der Waals surface area (Å²) < 4.78 is 10.6. The second-order valence-electron chi connectivity index (χ2n) is 13.9. The van der Waals surface area contributed by atoms with Crippen molar-refractivity contribution in [1.82, 2.24) is 0 Å². The molecule has 262 valence electrons. The Morgan fingerprint density at radius 1 is 0.500 bits per heavy atom. The van der Waals surface area contributed by atoms with Gasteiger partial charge in [-0.25, -0.2) is 0 Å². The third-order valence-electron chi connectivity index (χ3n) is 8.83. The summed E-state index contributed by atoms with van der Waals surface area (Å²) in [6.07, 6.45) is 36.0. The normalized spacial score (nSPS) is 12.1. The molecule has 0 rings (SSSR count). The van der Waals surface area contributed by atoms with Gasteiger partial charge in [0.1, 0.15) is 6.61 Å². The van der Waals surface area contributed by atoms with Crippen LogP contribution in [-0.2, 0) is 19.1 Å². The summed E-state index contributed by atoms with van der Waals surface area (Å²) in [5.41, 5.74) is 0. The number of aliphatic hydroxyl groups is 1. The van der Waals surface area contributed by atoms with Crippen LogP contribution in [0.4, 0.5) is 0 Å². The van der Waals surface area contributed by atoms with Crippen molar-refractivity contribution in [2.45, 2.75) is 219 Å². The Balaban J connectivity index is 3.49. The van der Waals surface area contributed by atoms with Gasteiger partial charge < -0.3 is 14.6 Å². The van der Waals surface area contributed by atoms with Crippen molar-refractivity contribution in [1.29, 1.82) is 0 Å². The first kappa shape index (κ1) is 42.9. The van der Waals surface area contributed by atoms with Crippen LogP contribution in [0.1, 0.15) is 213 Å². The molecule has 0 radical (unpaired) electrons. The maximum atomic E-state index is 12.2. The molecule has 0 bridgehead atoms. The van der Waals surface area contributed by atoms with Crippen molar-refractivity contribution in [2.75, 3.05) is 13.2 Å².